The summed E-state index contributed by atoms with van der Waals surface area (Å²) in [6.45, 7) is 6.20. The van der Waals surface area contributed by atoms with E-state index in [4.69, 9.17) is 4.52 Å². The van der Waals surface area contributed by atoms with Crippen LogP contribution in [0.25, 0.3) is 0 Å². The van der Waals surface area contributed by atoms with Gasteiger partial charge in [0.2, 0.25) is 0 Å². The summed E-state index contributed by atoms with van der Waals surface area (Å²) >= 11 is 0. The number of nitrogens with zero attached hydrogens (tertiary/aromatic N) is 4. The predicted molar refractivity (Wildman–Crippen MR) is 84.6 cm³/mol. The molecule has 0 saturated carbocycles. The molecule has 0 unspecified atom stereocenters. The summed E-state index contributed by atoms with van der Waals surface area (Å²) in [5.41, 5.74) is 1.80. The molecule has 1 saturated heterocycles. The van der Waals surface area contributed by atoms with E-state index in [1.165, 1.54) is 0 Å². The summed E-state index contributed by atoms with van der Waals surface area (Å²) in [6, 6.07) is 7.72. The smallest absolute Gasteiger partial charge is 0.317 e. The second-order valence-electron chi connectivity index (χ2n) is 5.67. The van der Waals surface area contributed by atoms with Crippen molar-refractivity contribution in [3.05, 3.63) is 47.6 Å². The van der Waals surface area contributed by atoms with Crippen LogP contribution in [-0.2, 0) is 13.1 Å². The number of rotatable bonds is 4. The van der Waals surface area contributed by atoms with Gasteiger partial charge in [-0.05, 0) is 19.1 Å². The number of piperazine rings is 1. The van der Waals surface area contributed by atoms with Crippen LogP contribution in [0.3, 0.4) is 0 Å². The monoisotopic (exact) mass is 315 g/mol. The maximum atomic E-state index is 12.2. The molecular formula is C16H21N5O2. The second-order valence-corrected chi connectivity index (χ2v) is 5.67. The molecule has 1 aliphatic rings. The van der Waals surface area contributed by atoms with E-state index in [0.717, 1.165) is 49.9 Å². The molecule has 2 aromatic heterocycles. The van der Waals surface area contributed by atoms with Crippen LogP contribution in [0.1, 0.15) is 17.1 Å². The first-order valence-electron chi connectivity index (χ1n) is 7.78. The van der Waals surface area contributed by atoms with Crippen molar-refractivity contribution in [2.45, 2.75) is 20.0 Å². The molecule has 0 aromatic carbocycles. The minimum atomic E-state index is -0.0526. The Kier molecular flexibility index (Phi) is 4.87. The van der Waals surface area contributed by atoms with Crippen LogP contribution in [0.4, 0.5) is 4.79 Å². The predicted octanol–water partition coefficient (Wildman–Crippen LogP) is 1.41. The summed E-state index contributed by atoms with van der Waals surface area (Å²) in [7, 11) is 0. The van der Waals surface area contributed by atoms with Crippen molar-refractivity contribution in [3.8, 4) is 0 Å². The molecule has 0 bridgehead atoms. The van der Waals surface area contributed by atoms with Gasteiger partial charge in [-0.15, -0.1) is 0 Å². The fourth-order valence-electron chi connectivity index (χ4n) is 2.61. The van der Waals surface area contributed by atoms with Gasteiger partial charge in [0.25, 0.3) is 0 Å². The molecule has 7 heteroatoms. The standard InChI is InChI=1S/C16H21N5O2/c1-13-10-15(19-23-13)11-18-16(22)21-8-6-20(7-9-21)12-14-4-2-3-5-17-14/h2-5,10H,6-9,11-12H2,1H3,(H,18,22). The normalized spacial score (nSPS) is 15.6. The summed E-state index contributed by atoms with van der Waals surface area (Å²) in [6.07, 6.45) is 1.81. The maximum Gasteiger partial charge on any atom is 0.317 e. The number of urea groups is 1. The minimum Gasteiger partial charge on any atom is -0.361 e. The number of pyridine rings is 1. The highest BCUT2D eigenvalue weighted by Crippen LogP contribution is 2.07. The third-order valence-electron chi connectivity index (χ3n) is 3.87. The Morgan fingerprint density at radius 1 is 1.26 bits per heavy atom. The zero-order chi connectivity index (χ0) is 16.1. The first kappa shape index (κ1) is 15.5. The molecule has 122 valence electrons. The van der Waals surface area contributed by atoms with Gasteiger partial charge in [-0.3, -0.25) is 9.88 Å². The first-order valence-corrected chi connectivity index (χ1v) is 7.78. The third kappa shape index (κ3) is 4.29. The van der Waals surface area contributed by atoms with Crippen molar-refractivity contribution >= 4 is 6.03 Å². The summed E-state index contributed by atoms with van der Waals surface area (Å²) in [5, 5.41) is 6.75. The van der Waals surface area contributed by atoms with Gasteiger partial charge in [-0.1, -0.05) is 11.2 Å². The summed E-state index contributed by atoms with van der Waals surface area (Å²) in [4.78, 5) is 20.7. The van der Waals surface area contributed by atoms with E-state index in [0.29, 0.717) is 6.54 Å². The van der Waals surface area contributed by atoms with Gasteiger partial charge >= 0.3 is 6.03 Å². The Bertz CT molecular complexity index is 635. The Morgan fingerprint density at radius 3 is 2.74 bits per heavy atom. The van der Waals surface area contributed by atoms with E-state index < -0.39 is 0 Å². The molecule has 1 N–H and O–H groups in total. The Balaban J connectivity index is 1.42. The van der Waals surface area contributed by atoms with Crippen molar-refractivity contribution in [1.82, 2.24) is 25.3 Å². The average Bonchev–Trinajstić information content (AvgIpc) is 3.00. The van der Waals surface area contributed by atoms with Crippen LogP contribution in [0.2, 0.25) is 0 Å². The van der Waals surface area contributed by atoms with Crippen LogP contribution in [0.5, 0.6) is 0 Å². The molecule has 3 heterocycles. The molecule has 23 heavy (non-hydrogen) atoms. The highest BCUT2D eigenvalue weighted by molar-refractivity contribution is 5.74. The summed E-state index contributed by atoms with van der Waals surface area (Å²) in [5.74, 6) is 0.748. The SMILES string of the molecule is Cc1cc(CNC(=O)N2CCN(Cc3ccccn3)CC2)no1. The fraction of sp³-hybridized carbons (Fsp3) is 0.438. The van der Waals surface area contributed by atoms with E-state index in [9.17, 15) is 4.79 Å². The average molecular weight is 315 g/mol. The van der Waals surface area contributed by atoms with E-state index in [-0.39, 0.29) is 6.03 Å². The van der Waals surface area contributed by atoms with Crippen molar-refractivity contribution in [2.24, 2.45) is 0 Å². The molecule has 1 fully saturated rings. The van der Waals surface area contributed by atoms with Gasteiger partial charge in [0.15, 0.2) is 0 Å². The molecule has 0 atom stereocenters. The highest BCUT2D eigenvalue weighted by Gasteiger charge is 2.21. The largest absolute Gasteiger partial charge is 0.361 e. The Morgan fingerprint density at radius 2 is 2.09 bits per heavy atom. The van der Waals surface area contributed by atoms with Gasteiger partial charge in [0, 0.05) is 45.0 Å². The number of carbonyl (C=O) groups is 1. The van der Waals surface area contributed by atoms with Crippen molar-refractivity contribution < 1.29 is 9.32 Å². The second kappa shape index (κ2) is 7.23. The Hall–Kier alpha value is -2.41. The first-order chi connectivity index (χ1) is 11.2. The molecule has 7 nitrogen and oxygen atoms in total. The molecule has 0 spiro atoms. The third-order valence-corrected chi connectivity index (χ3v) is 3.87. The van der Waals surface area contributed by atoms with Crippen molar-refractivity contribution in [3.63, 3.8) is 0 Å². The highest BCUT2D eigenvalue weighted by atomic mass is 16.5. The number of nitrogens with one attached hydrogen (secondary N) is 1. The Labute approximate surface area is 135 Å². The zero-order valence-corrected chi connectivity index (χ0v) is 13.2. The molecule has 3 rings (SSSR count). The van der Waals surface area contributed by atoms with E-state index >= 15 is 0 Å². The fourth-order valence-corrected chi connectivity index (χ4v) is 2.61. The van der Waals surface area contributed by atoms with Crippen LogP contribution in [0.15, 0.2) is 35.0 Å². The van der Waals surface area contributed by atoms with Gasteiger partial charge in [0.05, 0.1) is 12.2 Å². The topological polar surface area (TPSA) is 74.5 Å². The molecule has 1 aliphatic heterocycles. The lowest BCUT2D eigenvalue weighted by atomic mass is 10.3. The number of aryl methyl sites for hydroxylation is 1. The van der Waals surface area contributed by atoms with E-state index in [1.807, 2.05) is 42.3 Å². The number of hydrogen-bond donors (Lipinski definition) is 1. The van der Waals surface area contributed by atoms with Gasteiger partial charge in [0.1, 0.15) is 11.5 Å². The molecule has 2 aromatic rings. The number of hydrogen-bond acceptors (Lipinski definition) is 5. The quantitative estimate of drug-likeness (QED) is 0.923. The van der Waals surface area contributed by atoms with Gasteiger partial charge < -0.3 is 14.7 Å². The molecule has 0 radical (unpaired) electrons. The number of carbonyl (C=O) groups excluding carboxylic acids is 1. The molecule has 2 amide bonds. The van der Waals surface area contributed by atoms with Crippen LogP contribution in [-0.4, -0.2) is 52.2 Å². The maximum absolute atomic E-state index is 12.2. The summed E-state index contributed by atoms with van der Waals surface area (Å²) < 4.78 is 4.99. The number of aromatic nitrogens is 2. The zero-order valence-electron chi connectivity index (χ0n) is 13.2. The van der Waals surface area contributed by atoms with Crippen molar-refractivity contribution in [2.75, 3.05) is 26.2 Å². The van der Waals surface area contributed by atoms with Crippen LogP contribution in [0, 0.1) is 6.92 Å². The van der Waals surface area contributed by atoms with Gasteiger partial charge in [-0.25, -0.2) is 4.79 Å². The van der Waals surface area contributed by atoms with E-state index in [2.05, 4.69) is 20.4 Å². The molecular weight excluding hydrogens is 294 g/mol. The minimum absolute atomic E-state index is 0.0526. The lowest BCUT2D eigenvalue weighted by Gasteiger charge is -2.34. The van der Waals surface area contributed by atoms with Gasteiger partial charge in [-0.2, -0.15) is 0 Å². The molecule has 0 aliphatic carbocycles. The lowest BCUT2D eigenvalue weighted by molar-refractivity contribution is 0.134. The lowest BCUT2D eigenvalue weighted by Crippen LogP contribution is -2.51. The van der Waals surface area contributed by atoms with Crippen LogP contribution >= 0.6 is 0 Å². The van der Waals surface area contributed by atoms with Crippen molar-refractivity contribution in [1.29, 1.82) is 0 Å². The van der Waals surface area contributed by atoms with Crippen LogP contribution < -0.4 is 5.32 Å². The number of amides is 2. The van der Waals surface area contributed by atoms with E-state index in [1.54, 1.807) is 0 Å².